The van der Waals surface area contributed by atoms with Gasteiger partial charge in [-0.25, -0.2) is 0 Å². The van der Waals surface area contributed by atoms with Gasteiger partial charge in [0.25, 0.3) is 0 Å². The van der Waals surface area contributed by atoms with E-state index in [9.17, 15) is 0 Å². The molecule has 2 nitrogen and oxygen atoms in total. The fourth-order valence-corrected chi connectivity index (χ4v) is 2.87. The first kappa shape index (κ1) is 14.5. The lowest BCUT2D eigenvalue weighted by molar-refractivity contribution is 0.0850. The Bertz CT molecular complexity index is 406. The van der Waals surface area contributed by atoms with Crippen LogP contribution in [0.25, 0.3) is 0 Å². The van der Waals surface area contributed by atoms with Crippen LogP contribution in [0.2, 0.25) is 0 Å². The third-order valence-corrected chi connectivity index (χ3v) is 3.98. The molecule has 19 heavy (non-hydrogen) atoms. The van der Waals surface area contributed by atoms with Gasteiger partial charge in [0, 0.05) is 19.8 Å². The van der Waals surface area contributed by atoms with Crippen LogP contribution in [0.3, 0.4) is 0 Å². The summed E-state index contributed by atoms with van der Waals surface area (Å²) in [6, 6.07) is 7.09. The Morgan fingerprint density at radius 2 is 1.89 bits per heavy atom. The van der Waals surface area contributed by atoms with Crippen molar-refractivity contribution in [1.82, 2.24) is 4.90 Å². The van der Waals surface area contributed by atoms with Crippen LogP contribution in [0, 0.1) is 0 Å². The van der Waals surface area contributed by atoms with E-state index in [0.29, 0.717) is 11.8 Å². The summed E-state index contributed by atoms with van der Waals surface area (Å²) in [6.45, 7) is 7.40. The second-order valence-corrected chi connectivity index (χ2v) is 6.24. The molecule has 1 aromatic rings. The molecule has 0 bridgehead atoms. The molecule has 106 valence electrons. The predicted octanol–water partition coefficient (Wildman–Crippen LogP) is 3.77. The molecule has 2 rings (SSSR count). The van der Waals surface area contributed by atoms with Gasteiger partial charge >= 0.3 is 0 Å². The molecular weight excluding hydrogens is 234 g/mol. The number of rotatable bonds is 4. The smallest absolute Gasteiger partial charge is 0.0471 e. The first-order chi connectivity index (χ1) is 9.08. The van der Waals surface area contributed by atoms with Crippen LogP contribution >= 0.6 is 0 Å². The fraction of sp³-hybridized carbons (Fsp3) is 0.647. The minimum Gasteiger partial charge on any atom is -0.381 e. The molecule has 1 aliphatic heterocycles. The van der Waals surface area contributed by atoms with E-state index in [1.165, 1.54) is 24.0 Å². The Hall–Kier alpha value is -0.860. The minimum absolute atomic E-state index is 0.602. The standard InChI is InChI=1S/C17H27NO/c1-13(2)15-5-6-17(14-7-9-19-10-8-14)16(11-15)12-18(3)4/h5-6,11,13-14H,7-10,12H2,1-4H3. The summed E-state index contributed by atoms with van der Waals surface area (Å²) in [6.07, 6.45) is 2.34. The molecule has 0 atom stereocenters. The van der Waals surface area contributed by atoms with Gasteiger partial charge in [-0.3, -0.25) is 0 Å². The van der Waals surface area contributed by atoms with Crippen LogP contribution in [0.4, 0.5) is 0 Å². The predicted molar refractivity (Wildman–Crippen MR) is 80.7 cm³/mol. The highest BCUT2D eigenvalue weighted by Gasteiger charge is 2.19. The van der Waals surface area contributed by atoms with Crippen LogP contribution in [-0.2, 0) is 11.3 Å². The monoisotopic (exact) mass is 261 g/mol. The third kappa shape index (κ3) is 3.80. The van der Waals surface area contributed by atoms with E-state index in [2.05, 4.69) is 51.0 Å². The Morgan fingerprint density at radius 1 is 1.21 bits per heavy atom. The Balaban J connectivity index is 2.29. The van der Waals surface area contributed by atoms with E-state index >= 15 is 0 Å². The van der Waals surface area contributed by atoms with Crippen LogP contribution in [0.15, 0.2) is 18.2 Å². The molecule has 0 spiro atoms. The summed E-state index contributed by atoms with van der Waals surface area (Å²) in [5.41, 5.74) is 4.50. The molecule has 0 radical (unpaired) electrons. The van der Waals surface area contributed by atoms with Crippen molar-refractivity contribution < 1.29 is 4.74 Å². The van der Waals surface area contributed by atoms with Crippen molar-refractivity contribution >= 4 is 0 Å². The van der Waals surface area contributed by atoms with E-state index in [0.717, 1.165) is 19.8 Å². The Morgan fingerprint density at radius 3 is 2.47 bits per heavy atom. The number of benzene rings is 1. The Kier molecular flexibility index (Phi) is 5.00. The molecule has 1 aliphatic rings. The molecular formula is C17H27NO. The maximum Gasteiger partial charge on any atom is 0.0471 e. The third-order valence-electron chi connectivity index (χ3n) is 3.98. The lowest BCUT2D eigenvalue weighted by Gasteiger charge is -2.26. The molecule has 0 aliphatic carbocycles. The van der Waals surface area contributed by atoms with Crippen molar-refractivity contribution in [2.45, 2.75) is 45.1 Å². The highest BCUT2D eigenvalue weighted by atomic mass is 16.5. The van der Waals surface area contributed by atoms with Crippen LogP contribution in [-0.4, -0.2) is 32.2 Å². The zero-order valence-corrected chi connectivity index (χ0v) is 12.8. The van der Waals surface area contributed by atoms with E-state index in [1.54, 1.807) is 5.56 Å². The topological polar surface area (TPSA) is 12.5 Å². The molecule has 1 heterocycles. The summed E-state index contributed by atoms with van der Waals surface area (Å²) in [5, 5.41) is 0. The molecule has 2 heteroatoms. The molecule has 1 saturated heterocycles. The fourth-order valence-electron chi connectivity index (χ4n) is 2.87. The van der Waals surface area contributed by atoms with E-state index in [4.69, 9.17) is 4.74 Å². The highest BCUT2D eigenvalue weighted by molar-refractivity contribution is 5.36. The highest BCUT2D eigenvalue weighted by Crippen LogP contribution is 2.31. The summed E-state index contributed by atoms with van der Waals surface area (Å²) in [7, 11) is 4.30. The maximum absolute atomic E-state index is 5.49. The van der Waals surface area contributed by atoms with Crippen LogP contribution in [0.1, 0.15) is 55.2 Å². The second kappa shape index (κ2) is 6.53. The van der Waals surface area contributed by atoms with Gasteiger partial charge in [-0.15, -0.1) is 0 Å². The van der Waals surface area contributed by atoms with Gasteiger partial charge in [0.1, 0.15) is 0 Å². The summed E-state index contributed by atoms with van der Waals surface area (Å²) in [5.74, 6) is 1.29. The van der Waals surface area contributed by atoms with Gasteiger partial charge in [0.05, 0.1) is 0 Å². The molecule has 0 saturated carbocycles. The van der Waals surface area contributed by atoms with Crippen molar-refractivity contribution in [3.05, 3.63) is 34.9 Å². The largest absolute Gasteiger partial charge is 0.381 e. The first-order valence-electron chi connectivity index (χ1n) is 7.43. The summed E-state index contributed by atoms with van der Waals surface area (Å²) >= 11 is 0. The van der Waals surface area contributed by atoms with Crippen molar-refractivity contribution in [2.75, 3.05) is 27.3 Å². The van der Waals surface area contributed by atoms with Gasteiger partial charge < -0.3 is 9.64 Å². The zero-order chi connectivity index (χ0) is 13.8. The maximum atomic E-state index is 5.49. The lowest BCUT2D eigenvalue weighted by Crippen LogP contribution is -2.18. The van der Waals surface area contributed by atoms with Gasteiger partial charge in [-0.05, 0) is 55.5 Å². The van der Waals surface area contributed by atoms with Gasteiger partial charge in [0.2, 0.25) is 0 Å². The quantitative estimate of drug-likeness (QED) is 0.818. The number of hydrogen-bond donors (Lipinski definition) is 0. The van der Waals surface area contributed by atoms with E-state index < -0.39 is 0 Å². The van der Waals surface area contributed by atoms with Gasteiger partial charge in [0.15, 0.2) is 0 Å². The SMILES string of the molecule is CC(C)c1ccc(C2CCOCC2)c(CN(C)C)c1. The molecule has 0 amide bonds. The first-order valence-corrected chi connectivity index (χ1v) is 7.43. The summed E-state index contributed by atoms with van der Waals surface area (Å²) in [4.78, 5) is 2.27. The zero-order valence-electron chi connectivity index (χ0n) is 12.8. The molecule has 0 unspecified atom stereocenters. The molecule has 1 aromatic carbocycles. The number of hydrogen-bond acceptors (Lipinski definition) is 2. The van der Waals surface area contributed by atoms with Crippen LogP contribution in [0.5, 0.6) is 0 Å². The van der Waals surface area contributed by atoms with E-state index in [1.807, 2.05) is 0 Å². The van der Waals surface area contributed by atoms with Crippen molar-refractivity contribution in [3.63, 3.8) is 0 Å². The van der Waals surface area contributed by atoms with Crippen molar-refractivity contribution in [2.24, 2.45) is 0 Å². The molecule has 0 aromatic heterocycles. The average molecular weight is 261 g/mol. The second-order valence-electron chi connectivity index (χ2n) is 6.24. The summed E-state index contributed by atoms with van der Waals surface area (Å²) < 4.78 is 5.49. The van der Waals surface area contributed by atoms with Crippen molar-refractivity contribution in [3.8, 4) is 0 Å². The molecule has 1 fully saturated rings. The lowest BCUT2D eigenvalue weighted by atomic mass is 9.86. The normalized spacial score (nSPS) is 17.4. The number of ether oxygens (including phenoxy) is 1. The van der Waals surface area contributed by atoms with E-state index in [-0.39, 0.29) is 0 Å². The van der Waals surface area contributed by atoms with Gasteiger partial charge in [-0.2, -0.15) is 0 Å². The Labute approximate surface area is 117 Å². The minimum atomic E-state index is 0.602. The van der Waals surface area contributed by atoms with Gasteiger partial charge in [-0.1, -0.05) is 32.0 Å². The van der Waals surface area contributed by atoms with Crippen LogP contribution < -0.4 is 0 Å². The number of nitrogens with zero attached hydrogens (tertiary/aromatic N) is 1. The van der Waals surface area contributed by atoms with Crippen molar-refractivity contribution in [1.29, 1.82) is 0 Å². The molecule has 0 N–H and O–H groups in total. The average Bonchev–Trinajstić information content (AvgIpc) is 2.39.